The highest BCUT2D eigenvalue weighted by atomic mass is 35.5. The number of hydrogen-bond donors (Lipinski definition) is 2. The van der Waals surface area contributed by atoms with Crippen LogP contribution in [0.5, 0.6) is 0 Å². The van der Waals surface area contributed by atoms with E-state index in [1.807, 2.05) is 24.3 Å². The molecule has 2 rings (SSSR count). The molecule has 1 atom stereocenters. The highest BCUT2D eigenvalue weighted by Crippen LogP contribution is 2.15. The maximum atomic E-state index is 11.9. The Hall–Kier alpha value is -1.06. The van der Waals surface area contributed by atoms with Crippen LogP contribution < -0.4 is 10.6 Å². The number of carbonyl (C=O) groups is 1. The van der Waals surface area contributed by atoms with Gasteiger partial charge in [0.25, 0.3) is 0 Å². The van der Waals surface area contributed by atoms with Gasteiger partial charge in [-0.1, -0.05) is 29.8 Å². The van der Waals surface area contributed by atoms with Crippen molar-refractivity contribution in [3.63, 3.8) is 0 Å². The van der Waals surface area contributed by atoms with Crippen molar-refractivity contribution in [2.45, 2.75) is 19.4 Å². The molecular weight excluding hydrogens is 236 g/mol. The normalized spacial score (nSPS) is 19.9. The number of hydrogen-bond acceptors (Lipinski definition) is 2. The molecule has 1 fully saturated rings. The van der Waals surface area contributed by atoms with E-state index < -0.39 is 0 Å². The monoisotopic (exact) mass is 252 g/mol. The van der Waals surface area contributed by atoms with Crippen LogP contribution in [0.2, 0.25) is 5.02 Å². The lowest BCUT2D eigenvalue weighted by atomic mass is 9.99. The smallest absolute Gasteiger partial charge is 0.224 e. The molecule has 1 aliphatic heterocycles. The second kappa shape index (κ2) is 6.03. The average molecular weight is 253 g/mol. The second-order valence-electron chi connectivity index (χ2n) is 4.35. The molecule has 3 nitrogen and oxygen atoms in total. The molecule has 0 bridgehead atoms. The van der Waals surface area contributed by atoms with Gasteiger partial charge >= 0.3 is 0 Å². The first-order chi connectivity index (χ1) is 8.27. The van der Waals surface area contributed by atoms with Crippen molar-refractivity contribution in [3.8, 4) is 0 Å². The number of rotatable bonds is 3. The number of halogens is 1. The highest BCUT2D eigenvalue weighted by molar-refractivity contribution is 6.31. The van der Waals surface area contributed by atoms with Crippen molar-refractivity contribution in [3.05, 3.63) is 34.9 Å². The topological polar surface area (TPSA) is 41.1 Å². The van der Waals surface area contributed by atoms with E-state index in [2.05, 4.69) is 10.6 Å². The minimum atomic E-state index is 0.103. The van der Waals surface area contributed by atoms with E-state index in [1.165, 1.54) is 0 Å². The molecule has 1 saturated heterocycles. The highest BCUT2D eigenvalue weighted by Gasteiger charge is 2.20. The van der Waals surface area contributed by atoms with Gasteiger partial charge in [-0.15, -0.1) is 0 Å². The van der Waals surface area contributed by atoms with Crippen LogP contribution in [0.4, 0.5) is 0 Å². The van der Waals surface area contributed by atoms with Crippen molar-refractivity contribution in [1.29, 1.82) is 0 Å². The standard InChI is InChI=1S/C13H17ClN2O/c14-12-6-2-1-4-10(12)9-16-13(17)11-5-3-7-15-8-11/h1-2,4,6,11,15H,3,5,7-9H2,(H,16,17)/t11-/m1/s1. The summed E-state index contributed by atoms with van der Waals surface area (Å²) in [6.45, 7) is 2.32. The summed E-state index contributed by atoms with van der Waals surface area (Å²) >= 11 is 6.03. The van der Waals surface area contributed by atoms with Crippen LogP contribution in [0.1, 0.15) is 18.4 Å². The number of benzene rings is 1. The fourth-order valence-corrected chi connectivity index (χ4v) is 2.25. The first kappa shape index (κ1) is 12.4. The predicted octanol–water partition coefficient (Wildman–Crippen LogP) is 1.96. The molecule has 0 aliphatic carbocycles. The molecule has 1 heterocycles. The van der Waals surface area contributed by atoms with Gasteiger partial charge in [0.1, 0.15) is 0 Å². The Labute approximate surface area is 107 Å². The number of amides is 1. The molecular formula is C13H17ClN2O. The zero-order valence-corrected chi connectivity index (χ0v) is 10.5. The lowest BCUT2D eigenvalue weighted by molar-refractivity contribution is -0.125. The molecule has 1 amide bonds. The summed E-state index contributed by atoms with van der Waals surface area (Å²) in [6.07, 6.45) is 2.05. The van der Waals surface area contributed by atoms with E-state index in [0.29, 0.717) is 11.6 Å². The summed E-state index contributed by atoms with van der Waals surface area (Å²) in [5.74, 6) is 0.225. The lowest BCUT2D eigenvalue weighted by Crippen LogP contribution is -2.40. The van der Waals surface area contributed by atoms with Gasteiger partial charge in [0.15, 0.2) is 0 Å². The minimum absolute atomic E-state index is 0.103. The van der Waals surface area contributed by atoms with Gasteiger partial charge in [-0.25, -0.2) is 0 Å². The Balaban J connectivity index is 1.85. The maximum Gasteiger partial charge on any atom is 0.224 e. The molecule has 0 radical (unpaired) electrons. The first-order valence-electron chi connectivity index (χ1n) is 5.99. The molecule has 2 N–H and O–H groups in total. The SMILES string of the molecule is O=C(NCc1ccccc1Cl)[C@@H]1CCCNC1. The Morgan fingerprint density at radius 1 is 1.47 bits per heavy atom. The summed E-state index contributed by atoms with van der Waals surface area (Å²) in [5, 5.41) is 6.89. The molecule has 0 aromatic heterocycles. The van der Waals surface area contributed by atoms with E-state index in [-0.39, 0.29) is 11.8 Å². The minimum Gasteiger partial charge on any atom is -0.352 e. The molecule has 1 aromatic carbocycles. The van der Waals surface area contributed by atoms with Gasteiger partial charge in [-0.3, -0.25) is 4.79 Å². The zero-order chi connectivity index (χ0) is 12.1. The number of carbonyl (C=O) groups excluding carboxylic acids is 1. The van der Waals surface area contributed by atoms with Gasteiger partial charge in [-0.2, -0.15) is 0 Å². The summed E-state index contributed by atoms with van der Waals surface area (Å²) in [5.41, 5.74) is 0.964. The van der Waals surface area contributed by atoms with Crippen LogP contribution >= 0.6 is 11.6 Å². The van der Waals surface area contributed by atoms with Gasteiger partial charge < -0.3 is 10.6 Å². The van der Waals surface area contributed by atoms with Crippen molar-refractivity contribution in [2.24, 2.45) is 5.92 Å². The van der Waals surface area contributed by atoms with Crippen molar-refractivity contribution >= 4 is 17.5 Å². The number of nitrogens with one attached hydrogen (secondary N) is 2. The van der Waals surface area contributed by atoms with E-state index in [9.17, 15) is 4.79 Å². The summed E-state index contributed by atoms with van der Waals surface area (Å²) in [4.78, 5) is 11.9. The third-order valence-corrected chi connectivity index (χ3v) is 3.45. The van der Waals surface area contributed by atoms with Crippen LogP contribution in [0.3, 0.4) is 0 Å². The van der Waals surface area contributed by atoms with Gasteiger partial charge in [0, 0.05) is 18.1 Å². The Kier molecular flexibility index (Phi) is 4.40. The van der Waals surface area contributed by atoms with Gasteiger partial charge in [-0.05, 0) is 31.0 Å². The second-order valence-corrected chi connectivity index (χ2v) is 4.76. The molecule has 17 heavy (non-hydrogen) atoms. The van der Waals surface area contributed by atoms with Crippen molar-refractivity contribution in [1.82, 2.24) is 10.6 Å². The van der Waals surface area contributed by atoms with E-state index in [0.717, 1.165) is 31.5 Å². The molecule has 0 saturated carbocycles. The molecule has 4 heteroatoms. The molecule has 1 aliphatic rings. The van der Waals surface area contributed by atoms with Gasteiger partial charge in [0.05, 0.1) is 5.92 Å². The van der Waals surface area contributed by atoms with Crippen molar-refractivity contribution < 1.29 is 4.79 Å². The fourth-order valence-electron chi connectivity index (χ4n) is 2.04. The Morgan fingerprint density at radius 2 is 2.29 bits per heavy atom. The molecule has 0 unspecified atom stereocenters. The number of piperidine rings is 1. The maximum absolute atomic E-state index is 11.9. The van der Waals surface area contributed by atoms with Crippen molar-refractivity contribution in [2.75, 3.05) is 13.1 Å². The fraction of sp³-hybridized carbons (Fsp3) is 0.462. The average Bonchev–Trinajstić information content (AvgIpc) is 2.38. The van der Waals surface area contributed by atoms with Crippen LogP contribution in [0.15, 0.2) is 24.3 Å². The quantitative estimate of drug-likeness (QED) is 0.864. The Morgan fingerprint density at radius 3 is 3.00 bits per heavy atom. The molecule has 0 spiro atoms. The van der Waals surface area contributed by atoms with Gasteiger partial charge in [0.2, 0.25) is 5.91 Å². The van der Waals surface area contributed by atoms with Crippen LogP contribution in [0.25, 0.3) is 0 Å². The predicted molar refractivity (Wildman–Crippen MR) is 68.9 cm³/mol. The molecule has 1 aromatic rings. The third kappa shape index (κ3) is 3.45. The van der Waals surface area contributed by atoms with Crippen LogP contribution in [-0.2, 0) is 11.3 Å². The summed E-state index contributed by atoms with van der Waals surface area (Å²) < 4.78 is 0. The largest absolute Gasteiger partial charge is 0.352 e. The van der Waals surface area contributed by atoms with E-state index in [1.54, 1.807) is 0 Å². The van der Waals surface area contributed by atoms with Crippen LogP contribution in [0, 0.1) is 5.92 Å². The first-order valence-corrected chi connectivity index (χ1v) is 6.37. The zero-order valence-electron chi connectivity index (χ0n) is 9.71. The molecule has 92 valence electrons. The third-order valence-electron chi connectivity index (χ3n) is 3.08. The Bertz CT molecular complexity index is 389. The summed E-state index contributed by atoms with van der Waals surface area (Å²) in [7, 11) is 0. The van der Waals surface area contributed by atoms with E-state index in [4.69, 9.17) is 11.6 Å². The lowest BCUT2D eigenvalue weighted by Gasteiger charge is -2.22. The van der Waals surface area contributed by atoms with Crippen LogP contribution in [-0.4, -0.2) is 19.0 Å². The summed E-state index contributed by atoms with van der Waals surface area (Å²) in [6, 6.07) is 7.58. The van der Waals surface area contributed by atoms with E-state index >= 15 is 0 Å².